The number of morpholine rings is 1. The van der Waals surface area contributed by atoms with E-state index in [0.717, 1.165) is 18.4 Å². The lowest BCUT2D eigenvalue weighted by molar-refractivity contribution is -0.145. The zero-order valence-corrected chi connectivity index (χ0v) is 12.2. The maximum atomic E-state index is 13.2. The van der Waals surface area contributed by atoms with E-state index < -0.39 is 6.10 Å². The van der Waals surface area contributed by atoms with Crippen molar-refractivity contribution in [3.63, 3.8) is 0 Å². The van der Waals surface area contributed by atoms with Gasteiger partial charge in [0.2, 0.25) is 0 Å². The molecule has 114 valence electrons. The summed E-state index contributed by atoms with van der Waals surface area (Å²) in [6.45, 7) is 3.90. The summed E-state index contributed by atoms with van der Waals surface area (Å²) in [4.78, 5) is 14.4. The molecule has 0 spiro atoms. The largest absolute Gasteiger partial charge is 0.480 e. The van der Waals surface area contributed by atoms with Crippen molar-refractivity contribution in [3.05, 3.63) is 29.6 Å². The molecule has 1 aromatic rings. The van der Waals surface area contributed by atoms with Crippen molar-refractivity contribution in [2.45, 2.75) is 38.4 Å². The van der Waals surface area contributed by atoms with E-state index in [0.29, 0.717) is 31.9 Å². The summed E-state index contributed by atoms with van der Waals surface area (Å²) < 4.78 is 24.5. The number of nitrogens with zero attached hydrogens (tertiary/aromatic N) is 1. The van der Waals surface area contributed by atoms with Crippen molar-refractivity contribution >= 4 is 5.91 Å². The zero-order chi connectivity index (χ0) is 14.8. The van der Waals surface area contributed by atoms with Crippen molar-refractivity contribution in [3.8, 4) is 5.75 Å². The molecule has 1 fully saturated rings. The molecule has 5 heteroatoms. The van der Waals surface area contributed by atoms with E-state index in [-0.39, 0.29) is 17.8 Å². The summed E-state index contributed by atoms with van der Waals surface area (Å²) in [7, 11) is 0. The topological polar surface area (TPSA) is 38.8 Å². The predicted molar refractivity (Wildman–Crippen MR) is 75.7 cm³/mol. The molecule has 1 amide bonds. The van der Waals surface area contributed by atoms with Gasteiger partial charge in [-0.25, -0.2) is 4.39 Å². The molecular formula is C16H20FNO3. The number of carbonyl (C=O) groups is 1. The number of halogens is 1. The highest BCUT2D eigenvalue weighted by atomic mass is 19.1. The molecule has 0 unspecified atom stereocenters. The number of hydrogen-bond donors (Lipinski definition) is 0. The first-order chi connectivity index (χ1) is 10.2. The van der Waals surface area contributed by atoms with Crippen molar-refractivity contribution in [1.29, 1.82) is 0 Å². The first kappa shape index (κ1) is 14.3. The molecule has 0 aliphatic carbocycles. The summed E-state index contributed by atoms with van der Waals surface area (Å²) in [5, 5.41) is 0. The Kier molecular flexibility index (Phi) is 4.10. The summed E-state index contributed by atoms with van der Waals surface area (Å²) in [5.74, 6) is 0.309. The first-order valence-electron chi connectivity index (χ1n) is 7.53. The summed E-state index contributed by atoms with van der Waals surface area (Å²) in [5.41, 5.74) is 0.770. The van der Waals surface area contributed by atoms with Crippen LogP contribution in [0.4, 0.5) is 4.39 Å². The van der Waals surface area contributed by atoms with Gasteiger partial charge in [-0.15, -0.1) is 0 Å². The molecule has 3 rings (SSSR count). The van der Waals surface area contributed by atoms with E-state index in [1.807, 2.05) is 4.90 Å². The summed E-state index contributed by atoms with van der Waals surface area (Å²) in [6, 6.07) is 4.40. The van der Waals surface area contributed by atoms with Gasteiger partial charge >= 0.3 is 0 Å². The van der Waals surface area contributed by atoms with Crippen LogP contribution in [0.1, 0.15) is 25.3 Å². The number of amides is 1. The third-order valence-electron chi connectivity index (χ3n) is 4.03. The second kappa shape index (κ2) is 6.02. The molecule has 1 aromatic carbocycles. The van der Waals surface area contributed by atoms with E-state index in [1.54, 1.807) is 6.07 Å². The minimum Gasteiger partial charge on any atom is -0.480 e. The van der Waals surface area contributed by atoms with Crippen molar-refractivity contribution in [1.82, 2.24) is 4.90 Å². The Bertz CT molecular complexity index is 532. The van der Waals surface area contributed by atoms with E-state index in [1.165, 1.54) is 12.1 Å². The third kappa shape index (κ3) is 3.02. The molecule has 21 heavy (non-hydrogen) atoms. The molecule has 0 bridgehead atoms. The molecule has 0 saturated carbocycles. The number of ether oxygens (including phenoxy) is 2. The normalized spacial score (nSPS) is 24.6. The van der Waals surface area contributed by atoms with Crippen LogP contribution in [0.25, 0.3) is 0 Å². The summed E-state index contributed by atoms with van der Waals surface area (Å²) >= 11 is 0. The minimum atomic E-state index is -0.526. The first-order valence-corrected chi connectivity index (χ1v) is 7.53. The zero-order valence-electron chi connectivity index (χ0n) is 12.2. The van der Waals surface area contributed by atoms with E-state index in [2.05, 4.69) is 6.92 Å². The lowest BCUT2D eigenvalue weighted by Crippen LogP contribution is -2.50. The van der Waals surface area contributed by atoms with Gasteiger partial charge in [0.15, 0.2) is 6.10 Å². The maximum absolute atomic E-state index is 13.2. The molecule has 1 saturated heterocycles. The van der Waals surface area contributed by atoms with Crippen molar-refractivity contribution < 1.29 is 18.7 Å². The molecule has 0 radical (unpaired) electrons. The Morgan fingerprint density at radius 3 is 3.14 bits per heavy atom. The van der Waals surface area contributed by atoms with Gasteiger partial charge in [-0.1, -0.05) is 13.3 Å². The SMILES string of the molecule is CCC[C@@H]1CN(C(=O)[C@@H]2Cc3cc(F)ccc3O2)CCO1. The van der Waals surface area contributed by atoms with Crippen LogP contribution < -0.4 is 4.74 Å². The van der Waals surface area contributed by atoms with Gasteiger partial charge in [0.05, 0.1) is 12.7 Å². The van der Waals surface area contributed by atoms with Gasteiger partial charge in [-0.3, -0.25) is 4.79 Å². The molecular weight excluding hydrogens is 273 g/mol. The van der Waals surface area contributed by atoms with Crippen molar-refractivity contribution in [2.75, 3.05) is 19.7 Å². The standard InChI is InChI=1S/C16H20FNO3/c1-2-3-13-10-18(6-7-20-13)16(19)15-9-11-8-12(17)4-5-14(11)21-15/h4-5,8,13,15H,2-3,6-7,9-10H2,1H3/t13-,15+/m1/s1. The lowest BCUT2D eigenvalue weighted by Gasteiger charge is -2.34. The van der Waals surface area contributed by atoms with E-state index in [9.17, 15) is 9.18 Å². The van der Waals surface area contributed by atoms with Crippen LogP contribution in [0.5, 0.6) is 5.75 Å². The average Bonchev–Trinajstić information content (AvgIpc) is 2.90. The van der Waals surface area contributed by atoms with E-state index >= 15 is 0 Å². The molecule has 0 N–H and O–H groups in total. The van der Waals surface area contributed by atoms with Gasteiger partial charge in [-0.05, 0) is 24.6 Å². The Hall–Kier alpha value is -1.62. The molecule has 2 aliphatic heterocycles. The van der Waals surface area contributed by atoms with Crippen LogP contribution >= 0.6 is 0 Å². The highest BCUT2D eigenvalue weighted by Crippen LogP contribution is 2.30. The van der Waals surface area contributed by atoms with Gasteiger partial charge in [0.1, 0.15) is 11.6 Å². The Morgan fingerprint density at radius 1 is 1.48 bits per heavy atom. The number of carbonyl (C=O) groups excluding carboxylic acids is 1. The van der Waals surface area contributed by atoms with E-state index in [4.69, 9.17) is 9.47 Å². The average molecular weight is 293 g/mol. The van der Waals surface area contributed by atoms with Gasteiger partial charge in [0.25, 0.3) is 5.91 Å². The number of hydrogen-bond acceptors (Lipinski definition) is 3. The molecule has 0 aromatic heterocycles. The molecule has 2 aliphatic rings. The van der Waals surface area contributed by atoms with Gasteiger partial charge in [0, 0.05) is 25.1 Å². The highest BCUT2D eigenvalue weighted by Gasteiger charge is 2.34. The van der Waals surface area contributed by atoms with Crippen LogP contribution in [-0.4, -0.2) is 42.7 Å². The second-order valence-electron chi connectivity index (χ2n) is 5.63. The van der Waals surface area contributed by atoms with Gasteiger partial charge in [-0.2, -0.15) is 0 Å². The van der Waals surface area contributed by atoms with Gasteiger partial charge < -0.3 is 14.4 Å². The number of benzene rings is 1. The maximum Gasteiger partial charge on any atom is 0.264 e. The fourth-order valence-corrected chi connectivity index (χ4v) is 2.97. The minimum absolute atomic E-state index is 0.0176. The fourth-order valence-electron chi connectivity index (χ4n) is 2.97. The van der Waals surface area contributed by atoms with Crippen LogP contribution in [-0.2, 0) is 16.0 Å². The van der Waals surface area contributed by atoms with Crippen LogP contribution in [0.3, 0.4) is 0 Å². The highest BCUT2D eigenvalue weighted by molar-refractivity contribution is 5.82. The molecule has 2 heterocycles. The fraction of sp³-hybridized carbons (Fsp3) is 0.562. The Morgan fingerprint density at radius 2 is 2.33 bits per heavy atom. The monoisotopic (exact) mass is 293 g/mol. The van der Waals surface area contributed by atoms with Crippen LogP contribution in [0.2, 0.25) is 0 Å². The predicted octanol–water partition coefficient (Wildman–Crippen LogP) is 2.16. The quantitative estimate of drug-likeness (QED) is 0.857. The molecule has 2 atom stereocenters. The summed E-state index contributed by atoms with van der Waals surface area (Å²) in [6.07, 6.45) is 2.04. The molecule has 4 nitrogen and oxygen atoms in total. The number of rotatable bonds is 3. The van der Waals surface area contributed by atoms with Crippen LogP contribution in [0, 0.1) is 5.82 Å². The lowest BCUT2D eigenvalue weighted by atomic mass is 10.1. The number of fused-ring (bicyclic) bond motifs is 1. The third-order valence-corrected chi connectivity index (χ3v) is 4.03. The Balaban J connectivity index is 1.64. The van der Waals surface area contributed by atoms with Crippen LogP contribution in [0.15, 0.2) is 18.2 Å². The Labute approximate surface area is 123 Å². The second-order valence-corrected chi connectivity index (χ2v) is 5.63. The smallest absolute Gasteiger partial charge is 0.264 e. The van der Waals surface area contributed by atoms with Crippen molar-refractivity contribution in [2.24, 2.45) is 0 Å².